The van der Waals surface area contributed by atoms with Crippen LogP contribution in [-0.2, 0) is 86.6 Å². The monoisotopic (exact) mass is 2000 g/mol. The summed E-state index contributed by atoms with van der Waals surface area (Å²) in [6.07, 6.45) is 70.7. The van der Waals surface area contributed by atoms with E-state index in [1.165, 1.54) is 425 Å². The highest BCUT2D eigenvalue weighted by atomic mass is 14.7. The second-order valence-electron chi connectivity index (χ2n) is 59.1. The molecule has 9 aromatic rings. The highest BCUT2D eigenvalue weighted by molar-refractivity contribution is 6.35. The normalized spacial score (nSPS) is 20.8. The molecule has 8 aliphatic carbocycles. The molecule has 0 nitrogen and oxygen atoms in total. The van der Waals surface area contributed by atoms with E-state index >= 15 is 0 Å². The maximum atomic E-state index is 3.07. The van der Waals surface area contributed by atoms with Crippen molar-refractivity contribution in [3.63, 3.8) is 0 Å². The lowest BCUT2D eigenvalue weighted by molar-refractivity contribution is 0.287. The molecule has 0 heterocycles. The van der Waals surface area contributed by atoms with Gasteiger partial charge in [-0.3, -0.25) is 0 Å². The van der Waals surface area contributed by atoms with Crippen LogP contribution in [-0.4, -0.2) is 0 Å². The zero-order valence-electron chi connectivity index (χ0n) is 103. The Balaban J connectivity index is 1.18. The van der Waals surface area contributed by atoms with Gasteiger partial charge in [-0.25, -0.2) is 0 Å². The number of unbranched alkanes of at least 4 members (excludes halogenated alkanes) is 16. The fourth-order valence-corrected chi connectivity index (χ4v) is 38.4. The van der Waals surface area contributed by atoms with Gasteiger partial charge < -0.3 is 0 Å². The van der Waals surface area contributed by atoms with Crippen molar-refractivity contribution in [1.29, 1.82) is 0 Å². The van der Waals surface area contributed by atoms with Gasteiger partial charge in [0.05, 0.1) is 0 Å². The molecule has 0 saturated heterocycles. The third kappa shape index (κ3) is 19.0. The standard InChI is InChI=1S/C148H220/c1-33-49-65-141(66-50-34-2)93-133(17,18)125-111(141)89-112-126(134(19,20)94-142(112,67-51-35-3)68-52-36-4)121(125)103-81-101-82-104(122-127-113(143(69-53-37-5,70-54-38-6)95-135(127,21)22)90-114-128(122)136(23,24)96-144(114,71-55-39-7)72-56-40-8)87-109-110-88-106(124-131-117(147(77-61-45-13,78-62-46-14)99-139(131,29)30)92-118-132(124)140(31,32)100-148(118,79-63-47-15)80-64-48-16)84-102-83-105(86-108(120(102)110)107(85-103)119(101)109)123-129-115(145(73-57-41-9,74-58-42-10)97-137(129,25)26)91-116-130(123)138(27,28)98-146(116,75-59-43-11)76-60-44-12/h81-92H,33-80,93-100H2,1-32H3. The van der Waals surface area contributed by atoms with Gasteiger partial charge in [0, 0.05) is 0 Å². The lowest BCUT2D eigenvalue weighted by Gasteiger charge is -2.35. The summed E-state index contributed by atoms with van der Waals surface area (Å²) in [5.74, 6) is 0. The van der Waals surface area contributed by atoms with E-state index in [9.17, 15) is 0 Å². The average molecular weight is 2000 g/mol. The maximum Gasteiger partial charge on any atom is -0.00255 e. The van der Waals surface area contributed by atoms with E-state index in [1.54, 1.807) is 111 Å². The first-order chi connectivity index (χ1) is 70.4. The van der Waals surface area contributed by atoms with Crippen LogP contribution in [0.3, 0.4) is 0 Å². The minimum absolute atomic E-state index is 0.0734. The second kappa shape index (κ2) is 43.0. The Kier molecular flexibility index (Phi) is 32.9. The third-order valence-corrected chi connectivity index (χ3v) is 43.5. The highest BCUT2D eigenvalue weighted by Crippen LogP contribution is 2.73. The van der Waals surface area contributed by atoms with Crippen LogP contribution in [0, 0.1) is 0 Å². The van der Waals surface area contributed by atoms with Gasteiger partial charge in [-0.05, 0) is 466 Å². The second-order valence-corrected chi connectivity index (χ2v) is 59.1. The lowest BCUT2D eigenvalue weighted by atomic mass is 9.69. The molecule has 0 atom stereocenters. The van der Waals surface area contributed by atoms with Crippen LogP contribution in [0.5, 0.6) is 0 Å². The minimum atomic E-state index is -0.0734. The van der Waals surface area contributed by atoms with E-state index in [0.29, 0.717) is 0 Å². The van der Waals surface area contributed by atoms with Gasteiger partial charge in [-0.2, -0.15) is 0 Å². The maximum absolute atomic E-state index is 3.07. The van der Waals surface area contributed by atoms with Crippen molar-refractivity contribution < 1.29 is 0 Å². The molecule has 148 heavy (non-hydrogen) atoms. The molecule has 0 aromatic heterocycles. The molecule has 0 saturated carbocycles. The molecule has 0 spiro atoms. The van der Waals surface area contributed by atoms with Gasteiger partial charge in [-0.1, -0.05) is 451 Å². The summed E-state index contributed by atoms with van der Waals surface area (Å²) in [5.41, 5.74) is 41.2. The quantitative estimate of drug-likeness (QED) is 0.0263. The summed E-state index contributed by atoms with van der Waals surface area (Å²) in [6.45, 7) is 84.8. The number of benzene rings is 9. The zero-order valence-corrected chi connectivity index (χ0v) is 103. The van der Waals surface area contributed by atoms with E-state index in [4.69, 9.17) is 0 Å². The Morgan fingerprint density at radius 1 is 0.149 bits per heavy atom. The first-order valence-electron chi connectivity index (χ1n) is 64.6. The molecule has 812 valence electrons. The van der Waals surface area contributed by atoms with Crippen LogP contribution in [0.15, 0.2) is 72.8 Å². The summed E-state index contributed by atoms with van der Waals surface area (Å²) in [5, 5.41) is 12.1. The van der Waals surface area contributed by atoms with E-state index < -0.39 is 0 Å². The van der Waals surface area contributed by atoms with Crippen LogP contribution >= 0.6 is 0 Å². The van der Waals surface area contributed by atoms with Crippen molar-refractivity contribution in [2.45, 2.75) is 668 Å². The molecule has 0 aliphatic heterocycles. The number of hydrogen-bond acceptors (Lipinski definition) is 0. The molecule has 9 aromatic carbocycles. The topological polar surface area (TPSA) is 0 Å². The van der Waals surface area contributed by atoms with Crippen molar-refractivity contribution in [2.75, 3.05) is 0 Å². The number of rotatable bonds is 52. The van der Waals surface area contributed by atoms with Crippen LogP contribution in [0.4, 0.5) is 0 Å². The molecule has 0 heteroatoms. The predicted octanol–water partition coefficient (Wildman–Crippen LogP) is 46.8. The fourth-order valence-electron chi connectivity index (χ4n) is 38.4. The Hall–Kier alpha value is -5.72. The summed E-state index contributed by atoms with van der Waals surface area (Å²) in [7, 11) is 0. The first-order valence-corrected chi connectivity index (χ1v) is 64.6. The summed E-state index contributed by atoms with van der Waals surface area (Å²) >= 11 is 0. The summed E-state index contributed by atoms with van der Waals surface area (Å²) in [6, 6.07) is 36.5. The molecule has 17 rings (SSSR count). The van der Waals surface area contributed by atoms with Gasteiger partial charge in [0.2, 0.25) is 0 Å². The van der Waals surface area contributed by atoms with E-state index in [1.807, 2.05) is 0 Å². The van der Waals surface area contributed by atoms with Gasteiger partial charge in [0.25, 0.3) is 0 Å². The Morgan fingerprint density at radius 3 is 0.358 bits per heavy atom. The zero-order chi connectivity index (χ0) is 107. The molecule has 0 unspecified atom stereocenters. The van der Waals surface area contributed by atoms with Gasteiger partial charge in [-0.15, -0.1) is 0 Å². The van der Waals surface area contributed by atoms with Crippen molar-refractivity contribution in [1.82, 2.24) is 0 Å². The van der Waals surface area contributed by atoms with Crippen LogP contribution < -0.4 is 0 Å². The Labute approximate surface area is 910 Å². The van der Waals surface area contributed by atoms with Gasteiger partial charge in [0.15, 0.2) is 0 Å². The molecule has 0 fully saturated rings. The summed E-state index contributed by atoms with van der Waals surface area (Å²) < 4.78 is 0. The Morgan fingerprint density at radius 2 is 0.257 bits per heavy atom. The first kappa shape index (κ1) is 113. The molecular formula is C148H220. The molecule has 0 bridgehead atoms. The molecule has 0 radical (unpaired) electrons. The molecule has 0 amide bonds. The van der Waals surface area contributed by atoms with Crippen molar-refractivity contribution in [2.24, 2.45) is 0 Å². The van der Waals surface area contributed by atoms with E-state index in [-0.39, 0.29) is 86.6 Å². The third-order valence-electron chi connectivity index (χ3n) is 43.5. The van der Waals surface area contributed by atoms with Crippen LogP contribution in [0.2, 0.25) is 0 Å². The predicted molar refractivity (Wildman–Crippen MR) is 656 cm³/mol. The minimum Gasteiger partial charge on any atom is -0.0654 e. The smallest absolute Gasteiger partial charge is 0.00255 e. The molecule has 0 N–H and O–H groups in total. The largest absolute Gasteiger partial charge is 0.0654 e. The summed E-state index contributed by atoms with van der Waals surface area (Å²) in [4.78, 5) is 0. The van der Waals surface area contributed by atoms with Crippen molar-refractivity contribution >= 4 is 43.1 Å². The lowest BCUT2D eigenvalue weighted by Crippen LogP contribution is -2.28. The van der Waals surface area contributed by atoms with Gasteiger partial charge >= 0.3 is 0 Å². The number of hydrogen-bond donors (Lipinski definition) is 0. The van der Waals surface area contributed by atoms with Crippen LogP contribution in [0.1, 0.15) is 670 Å². The van der Waals surface area contributed by atoms with Crippen LogP contribution in [0.25, 0.3) is 87.6 Å². The average Bonchev–Trinajstić information content (AvgIpc) is 1.47. The molecule has 8 aliphatic rings. The SMILES string of the molecule is CCCCC1(CCCC)CC(C)(C)c2c1cc1c(c2-c2cc3cc(-c4c5c(cc6c4C(C)(C)CC6(CCCC)CCCC)C(CCCC)(CCCC)CC5(C)C)cc4c5cc(-c6c7c(cc8c6C(C)(C)CC8(CCCC)CCCC)C(CCCC)(CCCC)CC7(C)C)cc6cc(-c7c8c(cc9c7C(C)(C)CC9(CCCC)CCCC)C(CCCC)(CCCC)CC8(C)C)cc(c(c2)c34)c65)C(C)(C)CC1(CCCC)CCCC. The van der Waals surface area contributed by atoms with Crippen molar-refractivity contribution in [3.8, 4) is 44.5 Å². The van der Waals surface area contributed by atoms with Gasteiger partial charge in [0.1, 0.15) is 0 Å². The number of fused-ring (bicyclic) bond motifs is 10. The van der Waals surface area contributed by atoms with E-state index in [2.05, 4.69) is 294 Å². The Bertz CT molecular complexity index is 5170. The fraction of sp³-hybridized carbons (Fsp3) is 0.703. The molecular weight excluding hydrogens is 1780 g/mol. The highest BCUT2D eigenvalue weighted by Gasteiger charge is 2.62. The van der Waals surface area contributed by atoms with Crippen molar-refractivity contribution in [3.05, 3.63) is 162 Å². The van der Waals surface area contributed by atoms with E-state index in [0.717, 1.165) is 0 Å².